The van der Waals surface area contributed by atoms with Gasteiger partial charge in [-0.2, -0.15) is 4.98 Å². The number of anilines is 2. The summed E-state index contributed by atoms with van der Waals surface area (Å²) in [5.74, 6) is 1.77. The zero-order valence-corrected chi connectivity index (χ0v) is 12.3. The Hall–Kier alpha value is -1.36. The first kappa shape index (κ1) is 14.1. The van der Waals surface area contributed by atoms with Gasteiger partial charge in [0.2, 0.25) is 5.95 Å². The van der Waals surface area contributed by atoms with Gasteiger partial charge in [-0.1, -0.05) is 13.8 Å². The Balaban J connectivity index is 2.02. The van der Waals surface area contributed by atoms with Gasteiger partial charge in [0.05, 0.1) is 0 Å². The lowest BCUT2D eigenvalue weighted by Gasteiger charge is -2.26. The smallest absolute Gasteiger partial charge is 0.227 e. The molecular weight excluding hydrogens is 238 g/mol. The molecule has 1 aliphatic heterocycles. The topological polar surface area (TPSA) is 44.3 Å². The molecule has 0 bridgehead atoms. The molecule has 106 valence electrons. The van der Waals surface area contributed by atoms with E-state index in [1.165, 1.54) is 6.42 Å². The second kappa shape index (κ2) is 6.70. The SMILES string of the molecule is CCNc1ccnc(N2CCC(N(CC)CC)C2)n1. The molecule has 5 heteroatoms. The largest absolute Gasteiger partial charge is 0.370 e. The summed E-state index contributed by atoms with van der Waals surface area (Å²) >= 11 is 0. The summed E-state index contributed by atoms with van der Waals surface area (Å²) < 4.78 is 0. The molecule has 0 saturated carbocycles. The minimum atomic E-state index is 0.640. The Labute approximate surface area is 116 Å². The average molecular weight is 263 g/mol. The molecule has 1 aromatic rings. The Morgan fingerprint density at radius 2 is 2.16 bits per heavy atom. The van der Waals surface area contributed by atoms with Crippen LogP contribution in [-0.2, 0) is 0 Å². The Morgan fingerprint density at radius 3 is 2.84 bits per heavy atom. The van der Waals surface area contributed by atoms with Crippen LogP contribution in [0.25, 0.3) is 0 Å². The van der Waals surface area contributed by atoms with Gasteiger partial charge in [0.25, 0.3) is 0 Å². The van der Waals surface area contributed by atoms with Gasteiger partial charge >= 0.3 is 0 Å². The van der Waals surface area contributed by atoms with Gasteiger partial charge in [0.1, 0.15) is 5.82 Å². The highest BCUT2D eigenvalue weighted by molar-refractivity contribution is 5.42. The van der Waals surface area contributed by atoms with Crippen molar-refractivity contribution in [2.45, 2.75) is 33.2 Å². The second-order valence-electron chi connectivity index (χ2n) is 4.88. The maximum atomic E-state index is 4.58. The first-order chi connectivity index (χ1) is 9.28. The highest BCUT2D eigenvalue weighted by atomic mass is 15.3. The highest BCUT2D eigenvalue weighted by Gasteiger charge is 2.27. The molecule has 1 saturated heterocycles. The van der Waals surface area contributed by atoms with Crippen LogP contribution >= 0.6 is 0 Å². The number of nitrogens with zero attached hydrogens (tertiary/aromatic N) is 4. The fourth-order valence-electron chi connectivity index (χ4n) is 2.74. The molecule has 0 aliphatic carbocycles. The number of aromatic nitrogens is 2. The summed E-state index contributed by atoms with van der Waals surface area (Å²) in [5, 5.41) is 3.24. The van der Waals surface area contributed by atoms with Crippen molar-refractivity contribution in [2.75, 3.05) is 42.9 Å². The van der Waals surface area contributed by atoms with E-state index in [2.05, 4.69) is 45.9 Å². The average Bonchev–Trinajstić information content (AvgIpc) is 2.91. The highest BCUT2D eigenvalue weighted by Crippen LogP contribution is 2.20. The van der Waals surface area contributed by atoms with Gasteiger partial charge in [0, 0.05) is 31.9 Å². The molecule has 1 fully saturated rings. The molecule has 0 spiro atoms. The fourth-order valence-corrected chi connectivity index (χ4v) is 2.74. The lowest BCUT2D eigenvalue weighted by Crippen LogP contribution is -2.37. The lowest BCUT2D eigenvalue weighted by atomic mass is 10.2. The molecule has 2 rings (SSSR count). The third kappa shape index (κ3) is 3.35. The van der Waals surface area contributed by atoms with Gasteiger partial charge in [-0.3, -0.25) is 4.90 Å². The van der Waals surface area contributed by atoms with Gasteiger partial charge in [-0.15, -0.1) is 0 Å². The molecule has 1 aliphatic rings. The van der Waals surface area contributed by atoms with Crippen LogP contribution in [0.3, 0.4) is 0 Å². The van der Waals surface area contributed by atoms with E-state index >= 15 is 0 Å². The van der Waals surface area contributed by atoms with Crippen molar-refractivity contribution in [1.82, 2.24) is 14.9 Å². The monoisotopic (exact) mass is 263 g/mol. The zero-order valence-electron chi connectivity index (χ0n) is 12.3. The van der Waals surface area contributed by atoms with E-state index in [0.717, 1.165) is 44.5 Å². The minimum absolute atomic E-state index is 0.640. The zero-order chi connectivity index (χ0) is 13.7. The molecule has 19 heavy (non-hydrogen) atoms. The van der Waals surface area contributed by atoms with Crippen LogP contribution in [0, 0.1) is 0 Å². The minimum Gasteiger partial charge on any atom is -0.370 e. The van der Waals surface area contributed by atoms with E-state index in [1.807, 2.05) is 12.3 Å². The van der Waals surface area contributed by atoms with Crippen molar-refractivity contribution in [3.8, 4) is 0 Å². The maximum absolute atomic E-state index is 4.58. The first-order valence-corrected chi connectivity index (χ1v) is 7.34. The summed E-state index contributed by atoms with van der Waals surface area (Å²) in [6.45, 7) is 11.8. The van der Waals surface area contributed by atoms with Crippen molar-refractivity contribution in [3.63, 3.8) is 0 Å². The number of rotatable bonds is 6. The molecule has 0 radical (unpaired) electrons. The summed E-state index contributed by atoms with van der Waals surface area (Å²) in [4.78, 5) is 13.8. The number of likely N-dealkylation sites (N-methyl/N-ethyl adjacent to an activating group) is 1. The predicted molar refractivity (Wildman–Crippen MR) is 79.7 cm³/mol. The van der Waals surface area contributed by atoms with Crippen molar-refractivity contribution in [1.29, 1.82) is 0 Å². The van der Waals surface area contributed by atoms with Crippen LogP contribution in [0.4, 0.5) is 11.8 Å². The van der Waals surface area contributed by atoms with Crippen molar-refractivity contribution >= 4 is 11.8 Å². The molecule has 1 unspecified atom stereocenters. The van der Waals surface area contributed by atoms with E-state index in [-0.39, 0.29) is 0 Å². The fraction of sp³-hybridized carbons (Fsp3) is 0.714. The molecule has 2 heterocycles. The number of nitrogens with one attached hydrogen (secondary N) is 1. The van der Waals surface area contributed by atoms with E-state index in [0.29, 0.717) is 6.04 Å². The molecule has 1 N–H and O–H groups in total. The molecule has 1 atom stereocenters. The maximum Gasteiger partial charge on any atom is 0.227 e. The van der Waals surface area contributed by atoms with Crippen molar-refractivity contribution in [2.24, 2.45) is 0 Å². The van der Waals surface area contributed by atoms with Crippen LogP contribution < -0.4 is 10.2 Å². The molecule has 1 aromatic heterocycles. The normalized spacial score (nSPS) is 19.2. The quantitative estimate of drug-likeness (QED) is 0.848. The Bertz CT molecular complexity index is 391. The molecule has 0 aromatic carbocycles. The first-order valence-electron chi connectivity index (χ1n) is 7.34. The van der Waals surface area contributed by atoms with Gasteiger partial charge in [0.15, 0.2) is 0 Å². The van der Waals surface area contributed by atoms with E-state index in [1.54, 1.807) is 0 Å². The molecule has 0 amide bonds. The molecular formula is C14H25N5. The second-order valence-corrected chi connectivity index (χ2v) is 4.88. The van der Waals surface area contributed by atoms with E-state index < -0.39 is 0 Å². The Morgan fingerprint density at radius 1 is 1.37 bits per heavy atom. The summed E-state index contributed by atoms with van der Waals surface area (Å²) in [5.41, 5.74) is 0. The predicted octanol–water partition coefficient (Wildman–Crippen LogP) is 1.83. The van der Waals surface area contributed by atoms with Gasteiger partial charge < -0.3 is 10.2 Å². The summed E-state index contributed by atoms with van der Waals surface area (Å²) in [6, 6.07) is 2.56. The summed E-state index contributed by atoms with van der Waals surface area (Å²) in [7, 11) is 0. The van der Waals surface area contributed by atoms with E-state index in [9.17, 15) is 0 Å². The van der Waals surface area contributed by atoms with E-state index in [4.69, 9.17) is 0 Å². The van der Waals surface area contributed by atoms with Crippen LogP contribution in [0.15, 0.2) is 12.3 Å². The van der Waals surface area contributed by atoms with Crippen LogP contribution in [0.1, 0.15) is 27.2 Å². The van der Waals surface area contributed by atoms with Gasteiger partial charge in [-0.25, -0.2) is 4.98 Å². The van der Waals surface area contributed by atoms with Gasteiger partial charge in [-0.05, 0) is 32.5 Å². The van der Waals surface area contributed by atoms with Crippen LogP contribution in [-0.4, -0.2) is 53.6 Å². The summed E-state index contributed by atoms with van der Waals surface area (Å²) in [6.07, 6.45) is 3.04. The standard InChI is InChI=1S/C14H25N5/c1-4-15-13-7-9-16-14(17-13)19-10-8-12(11-19)18(5-2)6-3/h7,9,12H,4-6,8,10-11H2,1-3H3,(H,15,16,17). The van der Waals surface area contributed by atoms with Crippen LogP contribution in [0.5, 0.6) is 0 Å². The van der Waals surface area contributed by atoms with Crippen LogP contribution in [0.2, 0.25) is 0 Å². The Kier molecular flexibility index (Phi) is 4.96. The number of hydrogen-bond donors (Lipinski definition) is 1. The van der Waals surface area contributed by atoms with Crippen molar-refractivity contribution in [3.05, 3.63) is 12.3 Å². The lowest BCUT2D eigenvalue weighted by molar-refractivity contribution is 0.232. The molecule has 5 nitrogen and oxygen atoms in total. The number of hydrogen-bond acceptors (Lipinski definition) is 5. The third-order valence-electron chi connectivity index (χ3n) is 3.78. The van der Waals surface area contributed by atoms with Crippen molar-refractivity contribution < 1.29 is 0 Å². The third-order valence-corrected chi connectivity index (χ3v) is 3.78.